The predicted molar refractivity (Wildman–Crippen MR) is 68.7 cm³/mol. The summed E-state index contributed by atoms with van der Waals surface area (Å²) in [4.78, 5) is 33.8. The molecule has 0 atom stereocenters. The highest BCUT2D eigenvalue weighted by Crippen LogP contribution is 2.24. The third kappa shape index (κ3) is 3.50. The lowest BCUT2D eigenvalue weighted by Gasteiger charge is -2.20. The van der Waals surface area contributed by atoms with E-state index in [1.807, 2.05) is 0 Å². The molecule has 0 fully saturated rings. The lowest BCUT2D eigenvalue weighted by atomic mass is 10.1. The Morgan fingerprint density at radius 3 is 2.48 bits per heavy atom. The van der Waals surface area contributed by atoms with E-state index in [1.165, 1.54) is 14.0 Å². The highest BCUT2D eigenvalue weighted by Gasteiger charge is 2.29. The van der Waals surface area contributed by atoms with Crippen LogP contribution >= 0.6 is 0 Å². The summed E-state index contributed by atoms with van der Waals surface area (Å²) >= 11 is 0. The Morgan fingerprint density at radius 2 is 2.00 bits per heavy atom. The van der Waals surface area contributed by atoms with Crippen LogP contribution in [0.1, 0.15) is 17.3 Å². The fourth-order valence-electron chi connectivity index (χ4n) is 1.62. The van der Waals surface area contributed by atoms with Crippen LogP contribution in [-0.4, -0.2) is 41.8 Å². The maximum Gasteiger partial charge on any atom is 0.305 e. The Hall–Kier alpha value is -2.58. The van der Waals surface area contributed by atoms with Gasteiger partial charge in [-0.1, -0.05) is 0 Å². The number of nitrogens with zero attached hydrogens (tertiary/aromatic N) is 2. The number of nitro benzene ring substituents is 1. The second kappa shape index (κ2) is 6.73. The van der Waals surface area contributed by atoms with Crippen LogP contribution in [0.15, 0.2) is 12.1 Å². The largest absolute Gasteiger partial charge is 0.358 e. The number of likely N-dealkylation sites (N-methyl/N-ethyl adjacent to an activating group) is 2. The van der Waals surface area contributed by atoms with E-state index < -0.39 is 46.2 Å². The van der Waals surface area contributed by atoms with Crippen molar-refractivity contribution in [2.24, 2.45) is 0 Å². The first kappa shape index (κ1) is 16.5. The van der Waals surface area contributed by atoms with Gasteiger partial charge in [0.2, 0.25) is 11.7 Å². The zero-order valence-corrected chi connectivity index (χ0v) is 11.4. The van der Waals surface area contributed by atoms with Gasteiger partial charge in [-0.25, -0.2) is 4.39 Å². The number of hydrogen-bond donors (Lipinski definition) is 1. The molecule has 0 aliphatic carbocycles. The van der Waals surface area contributed by atoms with Gasteiger partial charge in [0.25, 0.3) is 5.91 Å². The summed E-state index contributed by atoms with van der Waals surface area (Å²) in [6.45, 7) is 1.11. The van der Waals surface area contributed by atoms with Crippen molar-refractivity contribution in [3.8, 4) is 0 Å². The zero-order valence-electron chi connectivity index (χ0n) is 11.4. The van der Waals surface area contributed by atoms with Gasteiger partial charge in [0.15, 0.2) is 0 Å². The van der Waals surface area contributed by atoms with E-state index in [0.717, 1.165) is 4.90 Å². The molecular formula is C12H13F2N3O4. The summed E-state index contributed by atoms with van der Waals surface area (Å²) in [6, 6.07) is 1.28. The van der Waals surface area contributed by atoms with Crippen molar-refractivity contribution in [1.82, 2.24) is 10.2 Å². The number of carbonyl (C=O) groups is 2. The fourth-order valence-corrected chi connectivity index (χ4v) is 1.62. The van der Waals surface area contributed by atoms with Crippen molar-refractivity contribution in [2.45, 2.75) is 6.92 Å². The number of benzene rings is 1. The quantitative estimate of drug-likeness (QED) is 0.650. The number of rotatable bonds is 5. The predicted octanol–water partition coefficient (Wildman–Crippen LogP) is 1.08. The van der Waals surface area contributed by atoms with Gasteiger partial charge in [-0.15, -0.1) is 0 Å². The molecule has 0 aliphatic rings. The summed E-state index contributed by atoms with van der Waals surface area (Å²) in [6.07, 6.45) is 0. The van der Waals surface area contributed by atoms with Gasteiger partial charge >= 0.3 is 5.69 Å². The Labute approximate surface area is 118 Å². The summed E-state index contributed by atoms with van der Waals surface area (Å²) in [5.74, 6) is -4.44. The molecule has 1 aromatic rings. The molecule has 1 N–H and O–H groups in total. The Kier molecular flexibility index (Phi) is 5.28. The van der Waals surface area contributed by atoms with Gasteiger partial charge in [-0.2, -0.15) is 4.39 Å². The van der Waals surface area contributed by atoms with Gasteiger partial charge in [-0.3, -0.25) is 19.7 Å². The smallest absolute Gasteiger partial charge is 0.305 e. The molecule has 0 aromatic heterocycles. The molecule has 9 heteroatoms. The molecule has 0 heterocycles. The van der Waals surface area contributed by atoms with Crippen LogP contribution < -0.4 is 5.32 Å². The molecule has 2 amide bonds. The van der Waals surface area contributed by atoms with E-state index in [0.29, 0.717) is 12.1 Å². The number of hydrogen-bond acceptors (Lipinski definition) is 4. The SMILES string of the molecule is CCN(CC(=O)NC)C(=O)c1c(F)ccc([N+](=O)[O-])c1F. The van der Waals surface area contributed by atoms with Crippen LogP contribution in [0, 0.1) is 21.7 Å². The van der Waals surface area contributed by atoms with Crippen molar-refractivity contribution >= 4 is 17.5 Å². The number of halogens is 2. The molecule has 114 valence electrons. The van der Waals surface area contributed by atoms with E-state index in [-0.39, 0.29) is 6.54 Å². The topological polar surface area (TPSA) is 92.6 Å². The average molecular weight is 301 g/mol. The molecule has 0 aliphatic heterocycles. The Balaban J connectivity index is 3.25. The van der Waals surface area contributed by atoms with Crippen molar-refractivity contribution < 1.29 is 23.3 Å². The maximum atomic E-state index is 13.9. The lowest BCUT2D eigenvalue weighted by molar-refractivity contribution is -0.387. The molecule has 0 radical (unpaired) electrons. The minimum absolute atomic E-state index is 0.00776. The Bertz CT molecular complexity index is 592. The molecule has 7 nitrogen and oxygen atoms in total. The van der Waals surface area contributed by atoms with Gasteiger partial charge in [0.1, 0.15) is 11.4 Å². The van der Waals surface area contributed by atoms with Gasteiger partial charge in [0.05, 0.1) is 11.5 Å². The fraction of sp³-hybridized carbons (Fsp3) is 0.333. The highest BCUT2D eigenvalue weighted by molar-refractivity contribution is 5.97. The molecule has 1 aromatic carbocycles. The summed E-state index contributed by atoms with van der Waals surface area (Å²) in [5, 5.41) is 12.9. The van der Waals surface area contributed by atoms with E-state index in [1.54, 1.807) is 0 Å². The van der Waals surface area contributed by atoms with E-state index in [2.05, 4.69) is 5.32 Å². The van der Waals surface area contributed by atoms with Crippen LogP contribution in [-0.2, 0) is 4.79 Å². The summed E-state index contributed by atoms with van der Waals surface area (Å²) in [5.41, 5.74) is -2.05. The van der Waals surface area contributed by atoms with Crippen molar-refractivity contribution in [2.75, 3.05) is 20.1 Å². The molecule has 0 unspecified atom stereocenters. The molecule has 21 heavy (non-hydrogen) atoms. The van der Waals surface area contributed by atoms with Crippen LogP contribution in [0.25, 0.3) is 0 Å². The van der Waals surface area contributed by atoms with Crippen molar-refractivity contribution in [1.29, 1.82) is 0 Å². The van der Waals surface area contributed by atoms with Crippen LogP contribution in [0.4, 0.5) is 14.5 Å². The van der Waals surface area contributed by atoms with Crippen molar-refractivity contribution in [3.05, 3.63) is 39.4 Å². The lowest BCUT2D eigenvalue weighted by Crippen LogP contribution is -2.40. The second-order valence-corrected chi connectivity index (χ2v) is 4.01. The van der Waals surface area contributed by atoms with Crippen LogP contribution in [0.2, 0.25) is 0 Å². The molecular weight excluding hydrogens is 288 g/mol. The molecule has 1 rings (SSSR count). The molecule has 0 saturated heterocycles. The number of nitro groups is 1. The third-order valence-electron chi connectivity index (χ3n) is 2.76. The highest BCUT2D eigenvalue weighted by atomic mass is 19.1. The zero-order chi connectivity index (χ0) is 16.2. The standard InChI is InChI=1S/C12H13F2N3O4/c1-3-16(6-9(18)15-2)12(19)10-7(13)4-5-8(11(10)14)17(20)21/h4-5H,3,6H2,1-2H3,(H,15,18). The maximum absolute atomic E-state index is 13.9. The minimum atomic E-state index is -1.56. The van der Waals surface area contributed by atoms with E-state index in [4.69, 9.17) is 0 Å². The van der Waals surface area contributed by atoms with E-state index >= 15 is 0 Å². The first-order valence-corrected chi connectivity index (χ1v) is 5.95. The first-order chi connectivity index (χ1) is 9.83. The molecule has 0 bridgehead atoms. The van der Waals surface area contributed by atoms with Gasteiger partial charge < -0.3 is 10.2 Å². The average Bonchev–Trinajstić information content (AvgIpc) is 2.43. The van der Waals surface area contributed by atoms with E-state index in [9.17, 15) is 28.5 Å². The van der Waals surface area contributed by atoms with Crippen LogP contribution in [0.5, 0.6) is 0 Å². The second-order valence-electron chi connectivity index (χ2n) is 4.01. The normalized spacial score (nSPS) is 10.1. The monoisotopic (exact) mass is 301 g/mol. The number of nitrogens with one attached hydrogen (secondary N) is 1. The van der Waals surface area contributed by atoms with Gasteiger partial charge in [-0.05, 0) is 13.0 Å². The third-order valence-corrected chi connectivity index (χ3v) is 2.76. The Morgan fingerprint density at radius 1 is 1.38 bits per heavy atom. The van der Waals surface area contributed by atoms with Gasteiger partial charge in [0, 0.05) is 19.7 Å². The molecule has 0 saturated carbocycles. The minimum Gasteiger partial charge on any atom is -0.358 e. The summed E-state index contributed by atoms with van der Waals surface area (Å²) < 4.78 is 27.6. The molecule has 0 spiro atoms. The number of carbonyl (C=O) groups excluding carboxylic acids is 2. The summed E-state index contributed by atoms with van der Waals surface area (Å²) in [7, 11) is 1.34. The van der Waals surface area contributed by atoms with Crippen LogP contribution in [0.3, 0.4) is 0 Å². The van der Waals surface area contributed by atoms with Crippen molar-refractivity contribution in [3.63, 3.8) is 0 Å². The number of amides is 2. The first-order valence-electron chi connectivity index (χ1n) is 5.95.